The van der Waals surface area contributed by atoms with Gasteiger partial charge in [-0.1, -0.05) is 78.4 Å². The number of aliphatic hydroxyl groups is 5. The van der Waals surface area contributed by atoms with E-state index in [1.165, 1.54) is 11.1 Å². The third-order valence-corrected chi connectivity index (χ3v) is 12.8. The Labute approximate surface area is 310 Å². The zero-order valence-corrected chi connectivity index (χ0v) is 31.6. The lowest BCUT2D eigenvalue weighted by atomic mass is 9.45. The molecule has 1 aromatic carbocycles. The van der Waals surface area contributed by atoms with E-state index in [1.54, 1.807) is 0 Å². The third kappa shape index (κ3) is 8.09. The van der Waals surface area contributed by atoms with Crippen molar-refractivity contribution in [1.29, 1.82) is 0 Å². The molecule has 1 heterocycles. The first-order valence-electron chi connectivity index (χ1n) is 19.3. The van der Waals surface area contributed by atoms with Crippen LogP contribution < -0.4 is 10.6 Å². The van der Waals surface area contributed by atoms with Crippen LogP contribution in [0.15, 0.2) is 95.2 Å². The van der Waals surface area contributed by atoms with Gasteiger partial charge >= 0.3 is 0 Å². The topological polar surface area (TPSA) is 142 Å². The van der Waals surface area contributed by atoms with Crippen molar-refractivity contribution >= 4 is 6.29 Å². The van der Waals surface area contributed by atoms with Gasteiger partial charge in [-0.05, 0) is 131 Å². The molecule has 0 saturated heterocycles. The molecule has 1 spiro atoms. The second-order valence-electron chi connectivity index (χ2n) is 16.0. The quantitative estimate of drug-likeness (QED) is 0.0745. The number of hydrogen-bond acceptors (Lipinski definition) is 8. The highest BCUT2D eigenvalue weighted by Gasteiger charge is 2.68. The minimum Gasteiger partial charge on any atom is -0.396 e. The van der Waals surface area contributed by atoms with E-state index in [9.17, 15) is 30.3 Å². The van der Waals surface area contributed by atoms with Crippen LogP contribution in [0.5, 0.6) is 0 Å². The van der Waals surface area contributed by atoms with Gasteiger partial charge in [0.25, 0.3) is 0 Å². The molecule has 8 heteroatoms. The fraction of sp³-hybridized carbons (Fsp3) is 0.568. The number of carbonyl (C=O) groups is 1. The van der Waals surface area contributed by atoms with Crippen LogP contribution in [0.1, 0.15) is 70.4 Å². The van der Waals surface area contributed by atoms with E-state index in [0.29, 0.717) is 56.2 Å². The molecule has 2 fully saturated rings. The Kier molecular flexibility index (Phi) is 13.5. The van der Waals surface area contributed by atoms with Gasteiger partial charge in [0.15, 0.2) is 0 Å². The molecule has 0 aromatic heterocycles. The van der Waals surface area contributed by atoms with Crippen molar-refractivity contribution in [2.45, 2.75) is 96.1 Å². The third-order valence-electron chi connectivity index (χ3n) is 12.8. The summed E-state index contributed by atoms with van der Waals surface area (Å²) in [6, 6.07) is 8.73. The van der Waals surface area contributed by atoms with Gasteiger partial charge in [0.2, 0.25) is 0 Å². The molecule has 0 radical (unpaired) electrons. The summed E-state index contributed by atoms with van der Waals surface area (Å²) in [7, 11) is 1.86. The van der Waals surface area contributed by atoms with E-state index in [2.05, 4.69) is 66.6 Å². The molecular formula is C44H62N2O6. The van der Waals surface area contributed by atoms with Gasteiger partial charge in [0.1, 0.15) is 12.5 Å². The summed E-state index contributed by atoms with van der Waals surface area (Å²) in [5.74, 6) is -0.895. The summed E-state index contributed by atoms with van der Waals surface area (Å²) in [6.45, 7) is 10.6. The standard InChI is InChI=1S/C44H62N2O6/c1-28(35-13-12-29(2)42(51)46-31(4)22-32-9-7-10-33(23-32)24-35)8-6-11-37(27-49)38-16-18-44(41(38)50)40-34(17-21-47)14-15-36(39(40)30(3)26-48)25-43(44,52)19-20-45-5/h6-12,14-15,23,26,31,34-36,38,40-42,45-47,49-52H,1,13,16-22,24-25,27H2,2-5H3. The van der Waals surface area contributed by atoms with Crippen molar-refractivity contribution in [3.05, 3.63) is 106 Å². The van der Waals surface area contributed by atoms with Crippen molar-refractivity contribution in [3.63, 3.8) is 0 Å². The number of nitrogens with one attached hydrogen (secondary N) is 2. The number of aldehydes is 1. The first-order valence-corrected chi connectivity index (χ1v) is 19.3. The smallest absolute Gasteiger partial charge is 0.145 e. The van der Waals surface area contributed by atoms with Crippen molar-refractivity contribution in [2.75, 3.05) is 26.8 Å². The molecule has 8 nitrogen and oxygen atoms in total. The van der Waals surface area contributed by atoms with E-state index >= 15 is 0 Å². The van der Waals surface area contributed by atoms with Crippen molar-refractivity contribution in [3.8, 4) is 0 Å². The van der Waals surface area contributed by atoms with E-state index in [0.717, 1.165) is 35.8 Å². The maximum absolute atomic E-state index is 12.7. The summed E-state index contributed by atoms with van der Waals surface area (Å²) >= 11 is 0. The average Bonchev–Trinajstić information content (AvgIpc) is 3.47. The second kappa shape index (κ2) is 17.5. The average molecular weight is 715 g/mol. The van der Waals surface area contributed by atoms with Crippen LogP contribution in [0.3, 0.4) is 0 Å². The Morgan fingerprint density at radius 3 is 2.60 bits per heavy atom. The largest absolute Gasteiger partial charge is 0.396 e. The summed E-state index contributed by atoms with van der Waals surface area (Å²) in [5.41, 5.74) is 4.36. The van der Waals surface area contributed by atoms with Crippen LogP contribution in [0.25, 0.3) is 0 Å². The van der Waals surface area contributed by atoms with Gasteiger partial charge < -0.3 is 30.8 Å². The lowest BCUT2D eigenvalue weighted by Gasteiger charge is -2.61. The second-order valence-corrected chi connectivity index (χ2v) is 16.0. The number of rotatable bonds is 11. The molecule has 284 valence electrons. The first kappa shape index (κ1) is 40.2. The molecule has 1 aromatic rings. The molecule has 0 amide bonds. The molecule has 10 unspecified atom stereocenters. The SMILES string of the molecule is C=C(C=CC=C(CO)C1CCC2(C1O)C1C(=C(C)C=O)C(C=CC1CCO)CC2(O)CCNC)C1CC=C(C)C(O)NC(C)Cc2cccc(c2)C1. The summed E-state index contributed by atoms with van der Waals surface area (Å²) in [4.78, 5) is 12.3. The maximum atomic E-state index is 12.7. The fourth-order valence-electron chi connectivity index (χ4n) is 10.1. The van der Waals surface area contributed by atoms with Crippen LogP contribution >= 0.6 is 0 Å². The van der Waals surface area contributed by atoms with Gasteiger partial charge in [0.05, 0.1) is 18.3 Å². The number of aliphatic hydroxyl groups excluding tert-OH is 4. The molecule has 10 atom stereocenters. The first-order chi connectivity index (χ1) is 24.9. The van der Waals surface area contributed by atoms with Crippen molar-refractivity contribution in [2.24, 2.45) is 35.0 Å². The summed E-state index contributed by atoms with van der Waals surface area (Å²) in [6.07, 6.45) is 16.0. The predicted octanol–water partition coefficient (Wildman–Crippen LogP) is 4.88. The molecule has 1 aliphatic heterocycles. The molecule has 52 heavy (non-hydrogen) atoms. The Hall–Kier alpha value is -2.95. The number of carbonyl (C=O) groups excluding carboxylic acids is 1. The van der Waals surface area contributed by atoms with Gasteiger partial charge in [0, 0.05) is 29.9 Å². The number of hydrogen-bond donors (Lipinski definition) is 7. The van der Waals surface area contributed by atoms with Gasteiger partial charge in [-0.25, -0.2) is 0 Å². The van der Waals surface area contributed by atoms with E-state index in [4.69, 9.17) is 0 Å². The normalized spacial score (nSPS) is 36.3. The Morgan fingerprint density at radius 1 is 1.15 bits per heavy atom. The van der Waals surface area contributed by atoms with Crippen molar-refractivity contribution < 1.29 is 30.3 Å². The Bertz CT molecular complexity index is 1590. The van der Waals surface area contributed by atoms with Crippen LogP contribution in [0, 0.1) is 35.0 Å². The molecule has 5 rings (SSSR count). The van der Waals surface area contributed by atoms with Gasteiger partial charge in [-0.15, -0.1) is 0 Å². The molecule has 3 aliphatic carbocycles. The minimum absolute atomic E-state index is 0.0386. The van der Waals surface area contributed by atoms with Crippen LogP contribution in [-0.2, 0) is 17.6 Å². The maximum Gasteiger partial charge on any atom is 0.145 e. The van der Waals surface area contributed by atoms with E-state index in [-0.39, 0.29) is 42.9 Å². The molecule has 2 saturated carbocycles. The fourth-order valence-corrected chi connectivity index (χ4v) is 10.1. The molecule has 4 aliphatic rings. The number of fused-ring (bicyclic) bond motifs is 5. The molecule has 4 bridgehead atoms. The minimum atomic E-state index is -1.23. The van der Waals surface area contributed by atoms with Gasteiger partial charge in [-0.2, -0.15) is 0 Å². The van der Waals surface area contributed by atoms with Crippen molar-refractivity contribution in [1.82, 2.24) is 10.6 Å². The molecule has 7 N–H and O–H groups in total. The highest BCUT2D eigenvalue weighted by molar-refractivity contribution is 5.74. The van der Waals surface area contributed by atoms with Crippen LogP contribution in [0.2, 0.25) is 0 Å². The number of allylic oxidation sites excluding steroid dienone is 9. The summed E-state index contributed by atoms with van der Waals surface area (Å²) < 4.78 is 0. The lowest BCUT2D eigenvalue weighted by Crippen LogP contribution is -2.65. The highest BCUT2D eigenvalue weighted by atomic mass is 16.3. The summed E-state index contributed by atoms with van der Waals surface area (Å²) in [5, 5.41) is 63.4. The van der Waals surface area contributed by atoms with E-state index < -0.39 is 29.3 Å². The molecular weight excluding hydrogens is 652 g/mol. The lowest BCUT2D eigenvalue weighted by molar-refractivity contribution is -0.194. The van der Waals surface area contributed by atoms with E-state index in [1.807, 2.05) is 39.1 Å². The predicted molar refractivity (Wildman–Crippen MR) is 207 cm³/mol. The van der Waals surface area contributed by atoms with Gasteiger partial charge in [-0.3, -0.25) is 10.1 Å². The number of benzene rings is 1. The monoisotopic (exact) mass is 714 g/mol. The Balaban J connectivity index is 1.45. The highest BCUT2D eigenvalue weighted by Crippen LogP contribution is 2.67. The zero-order chi connectivity index (χ0) is 37.6. The van der Waals surface area contributed by atoms with Crippen LogP contribution in [0.4, 0.5) is 0 Å². The van der Waals surface area contributed by atoms with Crippen LogP contribution in [-0.4, -0.2) is 82.6 Å². The Morgan fingerprint density at radius 2 is 1.90 bits per heavy atom. The zero-order valence-electron chi connectivity index (χ0n) is 31.6.